The highest BCUT2D eigenvalue weighted by Gasteiger charge is 2.37. The van der Waals surface area contributed by atoms with Gasteiger partial charge in [0.25, 0.3) is 5.91 Å². The SMILES string of the molecule is CC1CN(C(=O)c2cc(-c3ccc(I)cc3)on2)C(C)C(=O)N1C. The van der Waals surface area contributed by atoms with Gasteiger partial charge >= 0.3 is 0 Å². The number of carbonyl (C=O) groups is 2. The second kappa shape index (κ2) is 6.54. The molecule has 2 atom stereocenters. The topological polar surface area (TPSA) is 66.7 Å². The van der Waals surface area contributed by atoms with Gasteiger partial charge < -0.3 is 14.3 Å². The molecule has 1 saturated heterocycles. The summed E-state index contributed by atoms with van der Waals surface area (Å²) in [7, 11) is 1.76. The summed E-state index contributed by atoms with van der Waals surface area (Å²) in [5.41, 5.74) is 1.08. The molecule has 0 spiro atoms. The second-order valence-corrected chi connectivity index (χ2v) is 7.26. The Kier molecular flexibility index (Phi) is 4.62. The van der Waals surface area contributed by atoms with Crippen LogP contribution < -0.4 is 0 Å². The van der Waals surface area contributed by atoms with Crippen LogP contribution in [0.3, 0.4) is 0 Å². The van der Waals surface area contributed by atoms with Gasteiger partial charge in [-0.3, -0.25) is 9.59 Å². The first-order chi connectivity index (χ1) is 11.4. The molecule has 0 radical (unpaired) electrons. The number of rotatable bonds is 2. The minimum absolute atomic E-state index is 0.0276. The molecule has 0 aliphatic carbocycles. The molecule has 2 aromatic rings. The molecule has 6 nitrogen and oxygen atoms in total. The number of likely N-dealkylation sites (N-methyl/N-ethyl adjacent to an activating group) is 1. The highest BCUT2D eigenvalue weighted by atomic mass is 127. The molecule has 24 heavy (non-hydrogen) atoms. The molecule has 2 unspecified atom stereocenters. The molecule has 2 heterocycles. The highest BCUT2D eigenvalue weighted by Crippen LogP contribution is 2.23. The Hall–Kier alpha value is -1.90. The zero-order chi connectivity index (χ0) is 17.4. The number of piperazine rings is 1. The van der Waals surface area contributed by atoms with E-state index in [1.54, 1.807) is 29.8 Å². The lowest BCUT2D eigenvalue weighted by atomic mass is 10.1. The lowest BCUT2D eigenvalue weighted by Crippen LogP contribution is -2.60. The van der Waals surface area contributed by atoms with Gasteiger partial charge in [0.05, 0.1) is 0 Å². The van der Waals surface area contributed by atoms with Crippen LogP contribution in [0.5, 0.6) is 0 Å². The summed E-state index contributed by atoms with van der Waals surface area (Å²) in [5.74, 6) is 0.190. The highest BCUT2D eigenvalue weighted by molar-refractivity contribution is 14.1. The van der Waals surface area contributed by atoms with Crippen molar-refractivity contribution in [3.05, 3.63) is 39.6 Å². The molecule has 126 valence electrons. The molecule has 0 bridgehead atoms. The van der Waals surface area contributed by atoms with Crippen molar-refractivity contribution in [2.45, 2.75) is 25.9 Å². The first-order valence-corrected chi connectivity index (χ1v) is 8.76. The van der Waals surface area contributed by atoms with Gasteiger partial charge in [-0.05, 0) is 48.6 Å². The molecule has 0 N–H and O–H groups in total. The van der Waals surface area contributed by atoms with Crippen LogP contribution in [-0.4, -0.2) is 52.4 Å². The number of halogens is 1. The molecular formula is C17H18IN3O3. The monoisotopic (exact) mass is 439 g/mol. The number of hydrogen-bond donors (Lipinski definition) is 0. The quantitative estimate of drug-likeness (QED) is 0.675. The third-order valence-electron chi connectivity index (χ3n) is 4.41. The van der Waals surface area contributed by atoms with Crippen molar-refractivity contribution >= 4 is 34.4 Å². The molecule has 3 rings (SSSR count). The Bertz CT molecular complexity index is 772. The van der Waals surface area contributed by atoms with Crippen molar-refractivity contribution in [2.75, 3.05) is 13.6 Å². The average molecular weight is 439 g/mol. The standard InChI is InChI=1S/C17H18IN3O3/c1-10-9-21(11(2)16(22)20(10)3)17(23)14-8-15(24-19-14)12-4-6-13(18)7-5-12/h4-8,10-11H,9H2,1-3H3. The molecule has 1 fully saturated rings. The van der Waals surface area contributed by atoms with Crippen LogP contribution in [0.15, 0.2) is 34.9 Å². The van der Waals surface area contributed by atoms with E-state index in [0.717, 1.165) is 9.13 Å². The van der Waals surface area contributed by atoms with Gasteiger partial charge in [0.2, 0.25) is 5.91 Å². The van der Waals surface area contributed by atoms with Crippen LogP contribution in [0.1, 0.15) is 24.3 Å². The van der Waals surface area contributed by atoms with Crippen molar-refractivity contribution in [1.82, 2.24) is 15.0 Å². The van der Waals surface area contributed by atoms with Crippen LogP contribution >= 0.6 is 22.6 Å². The van der Waals surface area contributed by atoms with Crippen LogP contribution in [0, 0.1) is 3.57 Å². The fourth-order valence-electron chi connectivity index (χ4n) is 2.74. The Morgan fingerprint density at radius 2 is 1.96 bits per heavy atom. The molecule has 7 heteroatoms. The number of carbonyl (C=O) groups excluding carboxylic acids is 2. The molecule has 1 aliphatic rings. The summed E-state index contributed by atoms with van der Waals surface area (Å²) in [5, 5.41) is 3.90. The fourth-order valence-corrected chi connectivity index (χ4v) is 3.10. The normalized spacial score (nSPS) is 21.2. The third kappa shape index (κ3) is 3.04. The molecule has 1 aliphatic heterocycles. The van der Waals surface area contributed by atoms with Crippen molar-refractivity contribution in [3.8, 4) is 11.3 Å². The zero-order valence-corrected chi connectivity index (χ0v) is 15.9. The van der Waals surface area contributed by atoms with E-state index >= 15 is 0 Å². The van der Waals surface area contributed by atoms with Crippen molar-refractivity contribution in [3.63, 3.8) is 0 Å². The maximum absolute atomic E-state index is 12.7. The average Bonchev–Trinajstić information content (AvgIpc) is 3.06. The van der Waals surface area contributed by atoms with Gasteiger partial charge in [0.15, 0.2) is 11.5 Å². The van der Waals surface area contributed by atoms with E-state index in [0.29, 0.717) is 12.3 Å². The first-order valence-electron chi connectivity index (χ1n) is 7.68. The van der Waals surface area contributed by atoms with Gasteiger partial charge in [-0.2, -0.15) is 0 Å². The summed E-state index contributed by atoms with van der Waals surface area (Å²) in [6.45, 7) is 4.14. The van der Waals surface area contributed by atoms with Crippen molar-refractivity contribution in [1.29, 1.82) is 0 Å². The molecule has 1 aromatic carbocycles. The summed E-state index contributed by atoms with van der Waals surface area (Å²) >= 11 is 2.23. The van der Waals surface area contributed by atoms with Crippen LogP contribution in [0.2, 0.25) is 0 Å². The largest absolute Gasteiger partial charge is 0.355 e. The Morgan fingerprint density at radius 1 is 1.29 bits per heavy atom. The summed E-state index contributed by atoms with van der Waals surface area (Å²) < 4.78 is 6.43. The third-order valence-corrected chi connectivity index (χ3v) is 5.13. The van der Waals surface area contributed by atoms with Crippen molar-refractivity contribution in [2.24, 2.45) is 0 Å². The Labute approximate surface area is 153 Å². The van der Waals surface area contributed by atoms with E-state index in [1.165, 1.54) is 0 Å². The maximum atomic E-state index is 12.7. The fraction of sp³-hybridized carbons (Fsp3) is 0.353. The number of amides is 2. The van der Waals surface area contributed by atoms with E-state index < -0.39 is 6.04 Å². The molecular weight excluding hydrogens is 421 g/mol. The summed E-state index contributed by atoms with van der Waals surface area (Å²) in [6, 6.07) is 8.86. The van der Waals surface area contributed by atoms with Crippen molar-refractivity contribution < 1.29 is 14.1 Å². The minimum atomic E-state index is -0.503. The van der Waals surface area contributed by atoms with Crippen LogP contribution in [0.25, 0.3) is 11.3 Å². The van der Waals surface area contributed by atoms with Crippen LogP contribution in [0.4, 0.5) is 0 Å². The number of nitrogens with zero attached hydrogens (tertiary/aromatic N) is 3. The van der Waals surface area contributed by atoms with E-state index in [-0.39, 0.29) is 23.6 Å². The van der Waals surface area contributed by atoms with E-state index in [1.807, 2.05) is 31.2 Å². The molecule has 0 saturated carbocycles. The van der Waals surface area contributed by atoms with E-state index in [4.69, 9.17) is 4.52 Å². The van der Waals surface area contributed by atoms with Gasteiger partial charge in [0.1, 0.15) is 6.04 Å². The number of hydrogen-bond acceptors (Lipinski definition) is 4. The van der Waals surface area contributed by atoms with Gasteiger partial charge in [-0.1, -0.05) is 17.3 Å². The second-order valence-electron chi connectivity index (χ2n) is 6.01. The minimum Gasteiger partial charge on any atom is -0.355 e. The lowest BCUT2D eigenvalue weighted by Gasteiger charge is -2.41. The summed E-state index contributed by atoms with van der Waals surface area (Å²) in [6.07, 6.45) is 0. The maximum Gasteiger partial charge on any atom is 0.276 e. The Balaban J connectivity index is 1.83. The first kappa shape index (κ1) is 16.9. The smallest absolute Gasteiger partial charge is 0.276 e. The molecule has 1 aromatic heterocycles. The number of aromatic nitrogens is 1. The number of benzene rings is 1. The summed E-state index contributed by atoms with van der Waals surface area (Å²) in [4.78, 5) is 28.2. The lowest BCUT2D eigenvalue weighted by molar-refractivity contribution is -0.140. The van der Waals surface area contributed by atoms with Gasteiger partial charge in [-0.15, -0.1) is 0 Å². The van der Waals surface area contributed by atoms with E-state index in [2.05, 4.69) is 27.7 Å². The predicted octanol–water partition coefficient (Wildman–Crippen LogP) is 2.64. The Morgan fingerprint density at radius 3 is 2.62 bits per heavy atom. The zero-order valence-electron chi connectivity index (χ0n) is 13.7. The van der Waals surface area contributed by atoms with E-state index in [9.17, 15) is 9.59 Å². The molecule has 2 amide bonds. The van der Waals surface area contributed by atoms with Crippen LogP contribution in [-0.2, 0) is 4.79 Å². The predicted molar refractivity (Wildman–Crippen MR) is 97.4 cm³/mol. The van der Waals surface area contributed by atoms with Gasteiger partial charge in [-0.25, -0.2) is 0 Å². The van der Waals surface area contributed by atoms with Gasteiger partial charge in [0, 0.05) is 34.8 Å².